The van der Waals surface area contributed by atoms with Crippen molar-refractivity contribution in [3.05, 3.63) is 30.3 Å². The summed E-state index contributed by atoms with van der Waals surface area (Å²) in [7, 11) is -3.19. The highest BCUT2D eigenvalue weighted by molar-refractivity contribution is 7.91. The second-order valence-corrected chi connectivity index (χ2v) is 13.9. The first kappa shape index (κ1) is 21.9. The topological polar surface area (TPSA) is 54.4 Å². The lowest BCUT2D eigenvalue weighted by Gasteiger charge is -2.61. The van der Waals surface area contributed by atoms with E-state index in [0.29, 0.717) is 27.6 Å². The number of aliphatic hydroxyl groups excluding tert-OH is 1. The zero-order valence-corrected chi connectivity index (χ0v) is 20.1. The molecule has 8 atom stereocenters. The second-order valence-electron chi connectivity index (χ2n) is 11.8. The minimum Gasteiger partial charge on any atom is -0.393 e. The van der Waals surface area contributed by atoms with E-state index in [4.69, 9.17) is 0 Å². The summed E-state index contributed by atoms with van der Waals surface area (Å²) in [4.78, 5) is 0.476. The Hall–Kier alpha value is -0.870. The van der Waals surface area contributed by atoms with E-state index >= 15 is 0 Å². The molecule has 1 aromatic carbocycles. The summed E-state index contributed by atoms with van der Waals surface area (Å²) in [6.45, 7) is 5.04. The van der Waals surface area contributed by atoms with Gasteiger partial charge in [0, 0.05) is 0 Å². The molecule has 4 fully saturated rings. The van der Waals surface area contributed by atoms with Gasteiger partial charge in [0.25, 0.3) is 0 Å². The van der Waals surface area contributed by atoms with Crippen molar-refractivity contribution in [2.24, 2.45) is 40.4 Å². The van der Waals surface area contributed by atoms with Gasteiger partial charge in [0.05, 0.1) is 16.8 Å². The highest BCUT2D eigenvalue weighted by Gasteiger charge is 2.59. The Labute approximate surface area is 188 Å². The van der Waals surface area contributed by atoms with Crippen LogP contribution in [0.2, 0.25) is 0 Å². The molecule has 0 amide bonds. The smallest absolute Gasteiger partial charge is 0.178 e. The molecule has 4 saturated carbocycles. The molecule has 172 valence electrons. The number of rotatable bonds is 4. The van der Waals surface area contributed by atoms with E-state index in [1.807, 2.05) is 18.2 Å². The molecular weight excluding hydrogens is 404 g/mol. The monoisotopic (exact) mass is 444 g/mol. The van der Waals surface area contributed by atoms with Crippen LogP contribution in [0.5, 0.6) is 0 Å². The maximum atomic E-state index is 12.9. The van der Waals surface area contributed by atoms with E-state index in [1.54, 1.807) is 12.1 Å². The molecule has 0 spiro atoms. The Kier molecular flexibility index (Phi) is 5.57. The van der Waals surface area contributed by atoms with Crippen molar-refractivity contribution >= 4 is 9.84 Å². The zero-order chi connectivity index (χ0) is 21.9. The summed E-state index contributed by atoms with van der Waals surface area (Å²) in [5.41, 5.74) is 0.725. The molecule has 1 N–H and O–H groups in total. The Morgan fingerprint density at radius 1 is 0.903 bits per heavy atom. The third kappa shape index (κ3) is 3.60. The van der Waals surface area contributed by atoms with Gasteiger partial charge in [-0.1, -0.05) is 32.0 Å². The van der Waals surface area contributed by atoms with E-state index in [9.17, 15) is 13.5 Å². The van der Waals surface area contributed by atoms with Gasteiger partial charge in [0.2, 0.25) is 0 Å². The second kappa shape index (κ2) is 7.87. The molecule has 4 heteroatoms. The lowest BCUT2D eigenvalue weighted by atomic mass is 9.44. The predicted octanol–water partition coefficient (Wildman–Crippen LogP) is 5.87. The van der Waals surface area contributed by atoms with Gasteiger partial charge in [-0.15, -0.1) is 0 Å². The fourth-order valence-corrected chi connectivity index (χ4v) is 10.3. The summed E-state index contributed by atoms with van der Waals surface area (Å²) in [5.74, 6) is 3.91. The van der Waals surface area contributed by atoms with E-state index < -0.39 is 9.84 Å². The van der Waals surface area contributed by atoms with Crippen LogP contribution in [-0.2, 0) is 9.84 Å². The summed E-state index contributed by atoms with van der Waals surface area (Å²) < 4.78 is 25.8. The van der Waals surface area contributed by atoms with Gasteiger partial charge in [-0.05, 0) is 117 Å². The van der Waals surface area contributed by atoms with Crippen LogP contribution in [0, 0.1) is 40.4 Å². The van der Waals surface area contributed by atoms with E-state index in [0.717, 1.165) is 37.0 Å². The summed E-state index contributed by atoms with van der Waals surface area (Å²) in [5, 5.41) is 10.2. The molecule has 0 radical (unpaired) electrons. The molecule has 0 saturated heterocycles. The Morgan fingerprint density at radius 2 is 1.61 bits per heavy atom. The molecule has 3 nitrogen and oxygen atoms in total. The number of fused-ring (bicyclic) bond motifs is 5. The Morgan fingerprint density at radius 3 is 2.39 bits per heavy atom. The van der Waals surface area contributed by atoms with E-state index in [-0.39, 0.29) is 11.9 Å². The summed E-state index contributed by atoms with van der Waals surface area (Å²) >= 11 is 0. The number of aliphatic hydroxyl groups is 1. The maximum Gasteiger partial charge on any atom is 0.178 e. The SMILES string of the molecule is CC12CCC3C(CCC4CC(O)CCC43C)C1CCC2CCS(=O)(=O)c1ccccc1. The third-order valence-electron chi connectivity index (χ3n) is 10.7. The first-order valence-electron chi connectivity index (χ1n) is 12.7. The van der Waals surface area contributed by atoms with E-state index in [2.05, 4.69) is 13.8 Å². The highest BCUT2D eigenvalue weighted by Crippen LogP contribution is 2.67. The largest absolute Gasteiger partial charge is 0.393 e. The lowest BCUT2D eigenvalue weighted by molar-refractivity contribution is -0.126. The van der Waals surface area contributed by atoms with Gasteiger partial charge in [-0.3, -0.25) is 0 Å². The van der Waals surface area contributed by atoms with Gasteiger partial charge < -0.3 is 5.11 Å². The van der Waals surface area contributed by atoms with Crippen LogP contribution in [0.3, 0.4) is 0 Å². The van der Waals surface area contributed by atoms with Crippen molar-refractivity contribution < 1.29 is 13.5 Å². The van der Waals surface area contributed by atoms with Crippen LogP contribution in [-0.4, -0.2) is 25.4 Å². The fourth-order valence-electron chi connectivity index (χ4n) is 8.86. The van der Waals surface area contributed by atoms with Crippen LogP contribution in [0.25, 0.3) is 0 Å². The van der Waals surface area contributed by atoms with Crippen LogP contribution in [0.15, 0.2) is 35.2 Å². The zero-order valence-electron chi connectivity index (χ0n) is 19.3. The Bertz CT molecular complexity index is 896. The first-order valence-corrected chi connectivity index (χ1v) is 14.3. The van der Waals surface area contributed by atoms with Crippen LogP contribution >= 0.6 is 0 Å². The molecule has 31 heavy (non-hydrogen) atoms. The minimum absolute atomic E-state index is 0.0779. The molecule has 1 aromatic rings. The number of sulfone groups is 1. The van der Waals surface area contributed by atoms with Crippen LogP contribution in [0.4, 0.5) is 0 Å². The van der Waals surface area contributed by atoms with Gasteiger partial charge in [-0.2, -0.15) is 0 Å². The number of hydrogen-bond donors (Lipinski definition) is 1. The average molecular weight is 445 g/mol. The van der Waals surface area contributed by atoms with E-state index in [1.165, 1.54) is 44.9 Å². The summed E-state index contributed by atoms with van der Waals surface area (Å²) in [6, 6.07) is 8.99. The van der Waals surface area contributed by atoms with Crippen molar-refractivity contribution in [3.8, 4) is 0 Å². The quantitative estimate of drug-likeness (QED) is 0.632. The van der Waals surface area contributed by atoms with Crippen molar-refractivity contribution in [2.45, 2.75) is 89.1 Å². The third-order valence-corrected chi connectivity index (χ3v) is 12.4. The van der Waals surface area contributed by atoms with Crippen molar-refractivity contribution in [3.63, 3.8) is 0 Å². The molecule has 4 aliphatic carbocycles. The molecule has 0 heterocycles. The molecule has 0 bridgehead atoms. The minimum atomic E-state index is -3.19. The molecule has 0 aromatic heterocycles. The van der Waals surface area contributed by atoms with Crippen LogP contribution in [0.1, 0.15) is 78.1 Å². The van der Waals surface area contributed by atoms with Crippen molar-refractivity contribution in [1.29, 1.82) is 0 Å². The first-order chi connectivity index (χ1) is 14.7. The fraction of sp³-hybridized carbons (Fsp3) is 0.778. The predicted molar refractivity (Wildman–Crippen MR) is 124 cm³/mol. The van der Waals surface area contributed by atoms with Crippen LogP contribution < -0.4 is 0 Å². The molecule has 4 aliphatic rings. The van der Waals surface area contributed by atoms with Crippen molar-refractivity contribution in [1.82, 2.24) is 0 Å². The maximum absolute atomic E-state index is 12.9. The number of benzene rings is 1. The normalized spacial score (nSPS) is 44.9. The summed E-state index contributed by atoms with van der Waals surface area (Å²) in [6.07, 6.45) is 11.6. The standard InChI is InChI=1S/C27H40O3S/c1-26-16-13-25-23(10-8-20-18-21(28)12-15-27(20,25)2)24(26)11-9-19(26)14-17-31(29,30)22-6-4-3-5-7-22/h3-7,19-21,23-25,28H,8-18H2,1-2H3. The molecule has 5 rings (SSSR count). The van der Waals surface area contributed by atoms with Gasteiger partial charge >= 0.3 is 0 Å². The highest BCUT2D eigenvalue weighted by atomic mass is 32.2. The molecular formula is C27H40O3S. The van der Waals surface area contributed by atoms with Gasteiger partial charge in [-0.25, -0.2) is 8.42 Å². The van der Waals surface area contributed by atoms with Gasteiger partial charge in [0.15, 0.2) is 9.84 Å². The molecule has 0 aliphatic heterocycles. The Balaban J connectivity index is 1.30. The van der Waals surface area contributed by atoms with Gasteiger partial charge in [0.1, 0.15) is 0 Å². The average Bonchev–Trinajstić information content (AvgIpc) is 3.10. The van der Waals surface area contributed by atoms with Crippen molar-refractivity contribution in [2.75, 3.05) is 5.75 Å². The lowest BCUT2D eigenvalue weighted by Crippen LogP contribution is -2.53. The number of hydrogen-bond acceptors (Lipinski definition) is 3. The molecule has 8 unspecified atom stereocenters.